The third-order valence-corrected chi connectivity index (χ3v) is 3.15. The topological polar surface area (TPSA) is 64.3 Å². The van der Waals surface area contributed by atoms with E-state index in [2.05, 4.69) is 6.07 Å². The zero-order valence-electron chi connectivity index (χ0n) is 10.7. The molecule has 0 aliphatic rings. The van der Waals surface area contributed by atoms with Crippen LogP contribution in [0.4, 0.5) is 11.4 Å². The Bertz CT molecular complexity index is 707. The van der Waals surface area contributed by atoms with E-state index in [0.717, 1.165) is 5.69 Å². The summed E-state index contributed by atoms with van der Waals surface area (Å²) >= 11 is 5.83. The van der Waals surface area contributed by atoms with Crippen LogP contribution in [0.5, 0.6) is 0 Å². The summed E-state index contributed by atoms with van der Waals surface area (Å²) in [6.45, 7) is 0. The first-order valence-electron chi connectivity index (χ1n) is 5.79. The standard InChI is InChI=1S/C15H11ClN2O2/c1-18(12-4-2-3-10(7-12)9-17)14-6-5-11(16)8-13(14)15(19)20/h2-8H,1H3,(H,19,20). The van der Waals surface area contributed by atoms with Crippen molar-refractivity contribution in [2.45, 2.75) is 0 Å². The van der Waals surface area contributed by atoms with Gasteiger partial charge in [0, 0.05) is 17.8 Å². The third kappa shape index (κ3) is 2.73. The van der Waals surface area contributed by atoms with Gasteiger partial charge in [-0.1, -0.05) is 17.7 Å². The molecule has 0 aromatic heterocycles. The van der Waals surface area contributed by atoms with Crippen molar-refractivity contribution in [3.63, 3.8) is 0 Å². The largest absolute Gasteiger partial charge is 0.478 e. The molecule has 2 aromatic rings. The van der Waals surface area contributed by atoms with Crippen LogP contribution < -0.4 is 4.90 Å². The highest BCUT2D eigenvalue weighted by atomic mass is 35.5. The first kappa shape index (κ1) is 13.9. The molecule has 0 aliphatic carbocycles. The summed E-state index contributed by atoms with van der Waals surface area (Å²) in [6, 6.07) is 13.7. The van der Waals surface area contributed by atoms with Crippen molar-refractivity contribution in [1.29, 1.82) is 5.26 Å². The molecular formula is C15H11ClN2O2. The molecule has 0 unspecified atom stereocenters. The monoisotopic (exact) mass is 286 g/mol. The second kappa shape index (κ2) is 5.64. The van der Waals surface area contributed by atoms with E-state index in [4.69, 9.17) is 16.9 Å². The van der Waals surface area contributed by atoms with Gasteiger partial charge in [0.05, 0.1) is 22.9 Å². The zero-order valence-corrected chi connectivity index (χ0v) is 11.4. The van der Waals surface area contributed by atoms with Crippen LogP contribution in [0.3, 0.4) is 0 Å². The van der Waals surface area contributed by atoms with Crippen LogP contribution in [-0.4, -0.2) is 18.1 Å². The Morgan fingerprint density at radius 3 is 2.70 bits per heavy atom. The molecule has 0 heterocycles. The molecule has 0 aliphatic heterocycles. The van der Waals surface area contributed by atoms with Crippen LogP contribution >= 0.6 is 11.6 Å². The number of hydrogen-bond acceptors (Lipinski definition) is 3. The highest BCUT2D eigenvalue weighted by Gasteiger charge is 2.15. The van der Waals surface area contributed by atoms with E-state index in [1.54, 1.807) is 48.3 Å². The number of hydrogen-bond donors (Lipinski definition) is 1. The van der Waals surface area contributed by atoms with E-state index < -0.39 is 5.97 Å². The van der Waals surface area contributed by atoms with Crippen molar-refractivity contribution in [2.24, 2.45) is 0 Å². The fourth-order valence-electron chi connectivity index (χ4n) is 1.90. The molecule has 0 saturated heterocycles. The van der Waals surface area contributed by atoms with Crippen LogP contribution in [0.25, 0.3) is 0 Å². The van der Waals surface area contributed by atoms with E-state index in [1.165, 1.54) is 6.07 Å². The van der Waals surface area contributed by atoms with Crippen LogP contribution in [-0.2, 0) is 0 Å². The predicted molar refractivity (Wildman–Crippen MR) is 77.6 cm³/mol. The van der Waals surface area contributed by atoms with E-state index >= 15 is 0 Å². The first-order chi connectivity index (χ1) is 9.52. The molecule has 2 aromatic carbocycles. The Hall–Kier alpha value is -2.51. The predicted octanol–water partition coefficient (Wildman–Crippen LogP) is 3.68. The van der Waals surface area contributed by atoms with Gasteiger partial charge in [-0.3, -0.25) is 0 Å². The van der Waals surface area contributed by atoms with Crippen molar-refractivity contribution >= 4 is 28.9 Å². The average molecular weight is 287 g/mol. The number of benzene rings is 2. The highest BCUT2D eigenvalue weighted by molar-refractivity contribution is 6.31. The zero-order chi connectivity index (χ0) is 14.7. The minimum absolute atomic E-state index is 0.113. The Labute approximate surface area is 121 Å². The lowest BCUT2D eigenvalue weighted by molar-refractivity contribution is 0.0697. The maximum Gasteiger partial charge on any atom is 0.337 e. The summed E-state index contributed by atoms with van der Waals surface area (Å²) in [5.74, 6) is -1.05. The number of carbonyl (C=O) groups is 1. The van der Waals surface area contributed by atoms with Gasteiger partial charge in [0.25, 0.3) is 0 Å². The number of aromatic carboxylic acids is 1. The Kier molecular flexibility index (Phi) is 3.92. The maximum absolute atomic E-state index is 11.3. The number of anilines is 2. The van der Waals surface area contributed by atoms with E-state index in [1.807, 2.05) is 0 Å². The second-order valence-electron chi connectivity index (χ2n) is 4.19. The average Bonchev–Trinajstić information content (AvgIpc) is 2.46. The van der Waals surface area contributed by atoms with E-state index in [9.17, 15) is 9.90 Å². The van der Waals surface area contributed by atoms with Crippen molar-refractivity contribution in [3.05, 3.63) is 58.6 Å². The van der Waals surface area contributed by atoms with Gasteiger partial charge >= 0.3 is 5.97 Å². The fraction of sp³-hybridized carbons (Fsp3) is 0.0667. The normalized spacial score (nSPS) is 9.85. The molecule has 100 valence electrons. The summed E-state index contributed by atoms with van der Waals surface area (Å²) in [5.41, 5.74) is 1.87. The molecule has 5 heteroatoms. The van der Waals surface area contributed by atoms with Gasteiger partial charge in [0.1, 0.15) is 0 Å². The molecule has 0 atom stereocenters. The van der Waals surface area contributed by atoms with Crippen molar-refractivity contribution in [3.8, 4) is 6.07 Å². The molecular weight excluding hydrogens is 276 g/mol. The number of nitrogens with zero attached hydrogens (tertiary/aromatic N) is 2. The smallest absolute Gasteiger partial charge is 0.337 e. The SMILES string of the molecule is CN(c1cccc(C#N)c1)c1ccc(Cl)cc1C(=O)O. The maximum atomic E-state index is 11.3. The lowest BCUT2D eigenvalue weighted by atomic mass is 10.1. The molecule has 0 amide bonds. The molecule has 1 N–H and O–H groups in total. The Morgan fingerprint density at radius 1 is 1.30 bits per heavy atom. The molecule has 20 heavy (non-hydrogen) atoms. The number of halogens is 1. The second-order valence-corrected chi connectivity index (χ2v) is 4.62. The van der Waals surface area contributed by atoms with Gasteiger partial charge in [-0.25, -0.2) is 4.79 Å². The van der Waals surface area contributed by atoms with Gasteiger partial charge < -0.3 is 10.0 Å². The number of carboxylic acid groups (broad SMARTS) is 1. The van der Waals surface area contributed by atoms with Crippen molar-refractivity contribution in [2.75, 3.05) is 11.9 Å². The van der Waals surface area contributed by atoms with E-state index in [-0.39, 0.29) is 5.56 Å². The minimum Gasteiger partial charge on any atom is -0.478 e. The Morgan fingerprint density at radius 2 is 2.05 bits per heavy atom. The summed E-state index contributed by atoms with van der Waals surface area (Å²) in [5, 5.41) is 18.5. The van der Waals surface area contributed by atoms with Gasteiger partial charge in [-0.2, -0.15) is 5.26 Å². The number of rotatable bonds is 3. The summed E-state index contributed by atoms with van der Waals surface area (Å²) in [4.78, 5) is 13.0. The molecule has 4 nitrogen and oxygen atoms in total. The molecule has 0 bridgehead atoms. The van der Waals surface area contributed by atoms with Crippen LogP contribution in [0.15, 0.2) is 42.5 Å². The first-order valence-corrected chi connectivity index (χ1v) is 6.17. The fourth-order valence-corrected chi connectivity index (χ4v) is 2.07. The van der Waals surface area contributed by atoms with Gasteiger partial charge in [0.15, 0.2) is 0 Å². The van der Waals surface area contributed by atoms with Crippen molar-refractivity contribution < 1.29 is 9.90 Å². The summed E-state index contributed by atoms with van der Waals surface area (Å²) in [7, 11) is 1.74. The number of carboxylic acids is 1. The van der Waals surface area contributed by atoms with Gasteiger partial charge in [0.2, 0.25) is 0 Å². The van der Waals surface area contributed by atoms with Crippen LogP contribution in [0, 0.1) is 11.3 Å². The van der Waals surface area contributed by atoms with Gasteiger partial charge in [-0.05, 0) is 36.4 Å². The summed E-state index contributed by atoms with van der Waals surface area (Å²) < 4.78 is 0. The quantitative estimate of drug-likeness (QED) is 0.935. The molecule has 0 fully saturated rings. The Balaban J connectivity index is 2.50. The van der Waals surface area contributed by atoms with E-state index in [0.29, 0.717) is 16.3 Å². The lowest BCUT2D eigenvalue weighted by Crippen LogP contribution is -2.14. The van der Waals surface area contributed by atoms with Gasteiger partial charge in [-0.15, -0.1) is 0 Å². The highest BCUT2D eigenvalue weighted by Crippen LogP contribution is 2.29. The third-order valence-electron chi connectivity index (χ3n) is 2.91. The molecule has 0 saturated carbocycles. The minimum atomic E-state index is -1.05. The molecule has 0 spiro atoms. The molecule has 0 radical (unpaired) electrons. The number of nitriles is 1. The van der Waals surface area contributed by atoms with Crippen LogP contribution in [0.2, 0.25) is 5.02 Å². The lowest BCUT2D eigenvalue weighted by Gasteiger charge is -2.21. The van der Waals surface area contributed by atoms with Crippen molar-refractivity contribution in [1.82, 2.24) is 0 Å². The summed E-state index contributed by atoms with van der Waals surface area (Å²) in [6.07, 6.45) is 0. The molecule has 2 rings (SSSR count). The van der Waals surface area contributed by atoms with Crippen LogP contribution in [0.1, 0.15) is 15.9 Å².